The molecule has 0 spiro atoms. The second-order valence-electron chi connectivity index (χ2n) is 4.76. The zero-order valence-corrected chi connectivity index (χ0v) is 10.7. The summed E-state index contributed by atoms with van der Waals surface area (Å²) in [7, 11) is 0. The SMILES string of the molecule is O=C(CNC1CC1)NCCc1ccc(C(=O)O)cc1. The summed E-state index contributed by atoms with van der Waals surface area (Å²) in [4.78, 5) is 22.1. The number of rotatable bonds is 7. The largest absolute Gasteiger partial charge is 0.478 e. The summed E-state index contributed by atoms with van der Waals surface area (Å²) >= 11 is 0. The van der Waals surface area contributed by atoms with Gasteiger partial charge in [-0.25, -0.2) is 4.79 Å². The number of amides is 1. The highest BCUT2D eigenvalue weighted by molar-refractivity contribution is 5.87. The van der Waals surface area contributed by atoms with Crippen LogP contribution in [0.2, 0.25) is 0 Å². The lowest BCUT2D eigenvalue weighted by molar-refractivity contribution is -0.120. The maximum atomic E-state index is 11.5. The fourth-order valence-corrected chi connectivity index (χ4v) is 1.75. The first-order chi connectivity index (χ1) is 9.15. The Labute approximate surface area is 112 Å². The third kappa shape index (κ3) is 4.71. The number of nitrogens with one attached hydrogen (secondary N) is 2. The number of benzene rings is 1. The third-order valence-electron chi connectivity index (χ3n) is 3.07. The van der Waals surface area contributed by atoms with Crippen LogP contribution >= 0.6 is 0 Å². The predicted octanol–water partition coefficient (Wildman–Crippen LogP) is 0.795. The Kier molecular flexibility index (Phi) is 4.52. The van der Waals surface area contributed by atoms with Gasteiger partial charge in [0.1, 0.15) is 0 Å². The molecule has 1 saturated carbocycles. The van der Waals surface area contributed by atoms with Gasteiger partial charge in [-0.05, 0) is 37.0 Å². The second kappa shape index (κ2) is 6.33. The molecule has 0 aromatic heterocycles. The van der Waals surface area contributed by atoms with Crippen LogP contribution in [0.15, 0.2) is 24.3 Å². The van der Waals surface area contributed by atoms with Crippen molar-refractivity contribution >= 4 is 11.9 Å². The van der Waals surface area contributed by atoms with Crippen LogP contribution in [0.1, 0.15) is 28.8 Å². The number of carboxylic acid groups (broad SMARTS) is 1. The normalized spacial score (nSPS) is 14.1. The Hall–Kier alpha value is -1.88. The standard InChI is InChI=1S/C14H18N2O3/c17-13(9-16-12-5-6-12)15-8-7-10-1-3-11(4-2-10)14(18)19/h1-4,12,16H,5-9H2,(H,15,17)(H,18,19). The van der Waals surface area contributed by atoms with Crippen molar-refractivity contribution in [2.24, 2.45) is 0 Å². The molecule has 5 nitrogen and oxygen atoms in total. The molecule has 1 aromatic rings. The van der Waals surface area contributed by atoms with Crippen LogP contribution in [0.5, 0.6) is 0 Å². The number of aromatic carboxylic acids is 1. The van der Waals surface area contributed by atoms with E-state index in [9.17, 15) is 9.59 Å². The molecule has 3 N–H and O–H groups in total. The fourth-order valence-electron chi connectivity index (χ4n) is 1.75. The van der Waals surface area contributed by atoms with Gasteiger partial charge in [0.05, 0.1) is 12.1 Å². The minimum Gasteiger partial charge on any atom is -0.478 e. The van der Waals surface area contributed by atoms with Crippen molar-refractivity contribution in [3.63, 3.8) is 0 Å². The Morgan fingerprint density at radius 1 is 1.21 bits per heavy atom. The molecule has 102 valence electrons. The number of hydrogen-bond acceptors (Lipinski definition) is 3. The van der Waals surface area contributed by atoms with E-state index in [4.69, 9.17) is 5.11 Å². The summed E-state index contributed by atoms with van der Waals surface area (Å²) in [6, 6.07) is 7.24. The van der Waals surface area contributed by atoms with Gasteiger partial charge < -0.3 is 15.7 Å². The molecule has 2 rings (SSSR count). The van der Waals surface area contributed by atoms with Gasteiger partial charge in [0.2, 0.25) is 5.91 Å². The average Bonchev–Trinajstić information content (AvgIpc) is 3.21. The molecule has 1 aliphatic rings. The predicted molar refractivity (Wildman–Crippen MR) is 71.1 cm³/mol. The van der Waals surface area contributed by atoms with E-state index in [0.29, 0.717) is 25.6 Å². The van der Waals surface area contributed by atoms with Crippen molar-refractivity contribution in [3.8, 4) is 0 Å². The highest BCUT2D eigenvalue weighted by Crippen LogP contribution is 2.17. The zero-order chi connectivity index (χ0) is 13.7. The first-order valence-electron chi connectivity index (χ1n) is 6.47. The van der Waals surface area contributed by atoms with Crippen LogP contribution in [0.25, 0.3) is 0 Å². The molecule has 5 heteroatoms. The molecule has 1 aliphatic carbocycles. The Bertz CT molecular complexity index is 452. The highest BCUT2D eigenvalue weighted by Gasteiger charge is 2.20. The third-order valence-corrected chi connectivity index (χ3v) is 3.07. The molecule has 1 amide bonds. The molecule has 1 aromatic carbocycles. The van der Waals surface area contributed by atoms with Crippen LogP contribution in [-0.2, 0) is 11.2 Å². The molecule has 0 radical (unpaired) electrons. The van der Waals surface area contributed by atoms with E-state index in [-0.39, 0.29) is 11.5 Å². The minimum absolute atomic E-state index is 0.00839. The summed E-state index contributed by atoms with van der Waals surface area (Å²) in [5, 5.41) is 14.8. The van der Waals surface area contributed by atoms with Gasteiger partial charge in [0.15, 0.2) is 0 Å². The average molecular weight is 262 g/mol. The molecular weight excluding hydrogens is 244 g/mol. The molecule has 1 fully saturated rings. The lowest BCUT2D eigenvalue weighted by atomic mass is 10.1. The number of carbonyl (C=O) groups excluding carboxylic acids is 1. The first kappa shape index (κ1) is 13.5. The lowest BCUT2D eigenvalue weighted by Gasteiger charge is -2.06. The van der Waals surface area contributed by atoms with E-state index in [1.165, 1.54) is 12.8 Å². The molecule has 0 heterocycles. The van der Waals surface area contributed by atoms with Gasteiger partial charge in [-0.3, -0.25) is 4.79 Å². The van der Waals surface area contributed by atoms with Crippen molar-refractivity contribution in [2.75, 3.05) is 13.1 Å². The maximum Gasteiger partial charge on any atom is 0.335 e. The van der Waals surface area contributed by atoms with Crippen molar-refractivity contribution in [1.29, 1.82) is 0 Å². The van der Waals surface area contributed by atoms with Gasteiger partial charge in [0, 0.05) is 12.6 Å². The van der Waals surface area contributed by atoms with Gasteiger partial charge in [-0.15, -0.1) is 0 Å². The Morgan fingerprint density at radius 3 is 2.47 bits per heavy atom. The van der Waals surface area contributed by atoms with Crippen LogP contribution in [0.3, 0.4) is 0 Å². The first-order valence-corrected chi connectivity index (χ1v) is 6.47. The lowest BCUT2D eigenvalue weighted by Crippen LogP contribution is -2.35. The van der Waals surface area contributed by atoms with E-state index in [2.05, 4.69) is 10.6 Å². The van der Waals surface area contributed by atoms with E-state index >= 15 is 0 Å². The van der Waals surface area contributed by atoms with Gasteiger partial charge >= 0.3 is 5.97 Å². The fraction of sp³-hybridized carbons (Fsp3) is 0.429. The van der Waals surface area contributed by atoms with Gasteiger partial charge in [0.25, 0.3) is 0 Å². The van der Waals surface area contributed by atoms with Crippen LogP contribution in [0, 0.1) is 0 Å². The van der Waals surface area contributed by atoms with Crippen molar-refractivity contribution in [2.45, 2.75) is 25.3 Å². The van der Waals surface area contributed by atoms with E-state index in [1.807, 2.05) is 0 Å². The minimum atomic E-state index is -0.925. The molecule has 0 bridgehead atoms. The van der Waals surface area contributed by atoms with Crippen LogP contribution in [0.4, 0.5) is 0 Å². The summed E-state index contributed by atoms with van der Waals surface area (Å²) in [6.07, 6.45) is 3.04. The monoisotopic (exact) mass is 262 g/mol. The van der Waals surface area contributed by atoms with Gasteiger partial charge in [-0.1, -0.05) is 12.1 Å². The summed E-state index contributed by atoms with van der Waals surface area (Å²) < 4.78 is 0. The molecule has 19 heavy (non-hydrogen) atoms. The second-order valence-corrected chi connectivity index (χ2v) is 4.76. The maximum absolute atomic E-state index is 11.5. The molecule has 0 saturated heterocycles. The number of carbonyl (C=O) groups is 2. The Morgan fingerprint density at radius 2 is 1.89 bits per heavy atom. The van der Waals surface area contributed by atoms with Crippen molar-refractivity contribution < 1.29 is 14.7 Å². The summed E-state index contributed by atoms with van der Waals surface area (Å²) in [5.41, 5.74) is 1.29. The summed E-state index contributed by atoms with van der Waals surface area (Å²) in [5.74, 6) is -0.917. The topological polar surface area (TPSA) is 78.4 Å². The smallest absolute Gasteiger partial charge is 0.335 e. The zero-order valence-electron chi connectivity index (χ0n) is 10.7. The molecule has 0 aliphatic heterocycles. The van der Waals surface area contributed by atoms with Crippen LogP contribution in [-0.4, -0.2) is 36.1 Å². The number of hydrogen-bond donors (Lipinski definition) is 3. The van der Waals surface area contributed by atoms with Crippen molar-refractivity contribution in [1.82, 2.24) is 10.6 Å². The van der Waals surface area contributed by atoms with E-state index in [0.717, 1.165) is 5.56 Å². The van der Waals surface area contributed by atoms with Crippen LogP contribution < -0.4 is 10.6 Å². The van der Waals surface area contributed by atoms with Crippen molar-refractivity contribution in [3.05, 3.63) is 35.4 Å². The molecular formula is C14H18N2O3. The number of carboxylic acids is 1. The molecule has 0 atom stereocenters. The van der Waals surface area contributed by atoms with E-state index in [1.54, 1.807) is 24.3 Å². The van der Waals surface area contributed by atoms with Gasteiger partial charge in [-0.2, -0.15) is 0 Å². The quantitative estimate of drug-likeness (QED) is 0.679. The van der Waals surface area contributed by atoms with E-state index < -0.39 is 5.97 Å². The summed E-state index contributed by atoms with van der Waals surface area (Å²) in [6.45, 7) is 0.945. The Balaban J connectivity index is 1.66. The molecule has 0 unspecified atom stereocenters. The highest BCUT2D eigenvalue weighted by atomic mass is 16.4.